The van der Waals surface area contributed by atoms with Crippen molar-refractivity contribution < 1.29 is 5.11 Å². The Balaban J connectivity index is 2.52. The molecule has 0 spiro atoms. The number of aliphatic hydroxyl groups is 1. The van der Waals surface area contributed by atoms with Gasteiger partial charge in [-0.1, -0.05) is 48.7 Å². The number of benzene rings is 1. The fraction of sp³-hybridized carbons (Fsp3) is 0.600. The molecule has 0 radical (unpaired) electrons. The topological polar surface area (TPSA) is 35.5 Å². The summed E-state index contributed by atoms with van der Waals surface area (Å²) in [5.74, 6) is 0. The molecule has 0 bridgehead atoms. The Labute approximate surface area is 141 Å². The van der Waals surface area contributed by atoms with E-state index in [2.05, 4.69) is 10.2 Å². The van der Waals surface area contributed by atoms with Gasteiger partial charge < -0.3 is 10.4 Å². The normalized spacial score (nSPS) is 18.8. The predicted octanol–water partition coefficient (Wildman–Crippen LogP) is 3.61. The van der Waals surface area contributed by atoms with Gasteiger partial charge in [-0.3, -0.25) is 4.90 Å². The second kappa shape index (κ2) is 7.03. The Hall–Kier alpha value is -0.0300. The summed E-state index contributed by atoms with van der Waals surface area (Å²) in [5.41, 5.74) is 0.432. The Morgan fingerprint density at radius 3 is 2.33 bits per heavy atom. The highest BCUT2D eigenvalue weighted by Gasteiger charge is 2.38. The summed E-state index contributed by atoms with van der Waals surface area (Å²) in [6.07, 6.45) is 0. The van der Waals surface area contributed by atoms with Crippen molar-refractivity contribution in [3.05, 3.63) is 32.8 Å². The van der Waals surface area contributed by atoms with Crippen molar-refractivity contribution in [1.82, 2.24) is 10.2 Å². The number of hydrogen-bond acceptors (Lipinski definition) is 3. The number of nitrogens with zero attached hydrogens (tertiary/aromatic N) is 1. The summed E-state index contributed by atoms with van der Waals surface area (Å²) < 4.78 is 0. The second-order valence-corrected chi connectivity index (χ2v) is 7.28. The van der Waals surface area contributed by atoms with Crippen molar-refractivity contribution in [1.29, 1.82) is 0 Å². The Morgan fingerprint density at radius 2 is 1.76 bits per heavy atom. The van der Waals surface area contributed by atoms with Gasteiger partial charge in [-0.2, -0.15) is 0 Å². The van der Waals surface area contributed by atoms with Crippen molar-refractivity contribution >= 4 is 34.8 Å². The zero-order valence-corrected chi connectivity index (χ0v) is 14.6. The summed E-state index contributed by atoms with van der Waals surface area (Å²) in [4.78, 5) is 2.32. The third-order valence-corrected chi connectivity index (χ3v) is 5.17. The molecule has 21 heavy (non-hydrogen) atoms. The summed E-state index contributed by atoms with van der Waals surface area (Å²) in [6, 6.07) is 3.40. The largest absolute Gasteiger partial charge is 0.396 e. The summed E-state index contributed by atoms with van der Waals surface area (Å²) >= 11 is 19.0. The number of piperazine rings is 1. The highest BCUT2D eigenvalue weighted by Crippen LogP contribution is 2.46. The van der Waals surface area contributed by atoms with Crippen molar-refractivity contribution in [3.8, 4) is 0 Å². The standard InChI is InChI=1S/C15H21Cl3N2O/c1-15(2,9-21)14(20-7-5-19-6-8-20)12-10(16)3-4-11(17)13(12)18/h3-4,14,19,21H,5-9H2,1-2H3/t14-/m1/s1. The quantitative estimate of drug-likeness (QED) is 0.813. The van der Waals surface area contributed by atoms with E-state index >= 15 is 0 Å². The third-order valence-electron chi connectivity index (χ3n) is 4.02. The maximum absolute atomic E-state index is 9.85. The highest BCUT2D eigenvalue weighted by atomic mass is 35.5. The van der Waals surface area contributed by atoms with Gasteiger partial charge in [0, 0.05) is 54.8 Å². The highest BCUT2D eigenvalue weighted by molar-refractivity contribution is 6.44. The molecule has 1 aromatic carbocycles. The first-order valence-corrected chi connectivity index (χ1v) is 8.21. The van der Waals surface area contributed by atoms with E-state index in [0.717, 1.165) is 31.7 Å². The summed E-state index contributed by atoms with van der Waals surface area (Å²) in [5, 5.41) is 14.7. The van der Waals surface area contributed by atoms with Gasteiger partial charge in [0.2, 0.25) is 0 Å². The smallest absolute Gasteiger partial charge is 0.0655 e. The van der Waals surface area contributed by atoms with Crippen LogP contribution in [0.25, 0.3) is 0 Å². The van der Waals surface area contributed by atoms with Crippen LogP contribution in [-0.4, -0.2) is 42.8 Å². The van der Waals surface area contributed by atoms with Crippen LogP contribution in [0.2, 0.25) is 15.1 Å². The van der Waals surface area contributed by atoms with Gasteiger partial charge in [0.15, 0.2) is 0 Å². The lowest BCUT2D eigenvalue weighted by molar-refractivity contribution is 0.0306. The minimum absolute atomic E-state index is 0.0424. The van der Waals surface area contributed by atoms with Gasteiger partial charge in [0.05, 0.1) is 10.0 Å². The zero-order valence-electron chi connectivity index (χ0n) is 12.3. The van der Waals surface area contributed by atoms with E-state index in [4.69, 9.17) is 34.8 Å². The van der Waals surface area contributed by atoms with Gasteiger partial charge in [-0.15, -0.1) is 0 Å². The number of halogens is 3. The van der Waals surface area contributed by atoms with Gasteiger partial charge >= 0.3 is 0 Å². The van der Waals surface area contributed by atoms with E-state index in [0.29, 0.717) is 15.1 Å². The zero-order chi connectivity index (χ0) is 15.6. The second-order valence-electron chi connectivity index (χ2n) is 6.09. The van der Waals surface area contributed by atoms with Crippen molar-refractivity contribution in [2.24, 2.45) is 5.41 Å². The molecule has 3 nitrogen and oxygen atoms in total. The molecule has 0 unspecified atom stereocenters. The van der Waals surface area contributed by atoms with Gasteiger partial charge in [0.1, 0.15) is 0 Å². The van der Waals surface area contributed by atoms with Gasteiger partial charge in [-0.05, 0) is 12.1 Å². The number of aliphatic hydroxyl groups excluding tert-OH is 1. The monoisotopic (exact) mass is 350 g/mol. The average molecular weight is 352 g/mol. The summed E-state index contributed by atoms with van der Waals surface area (Å²) in [7, 11) is 0. The molecule has 2 N–H and O–H groups in total. The van der Waals surface area contributed by atoms with Crippen LogP contribution in [-0.2, 0) is 0 Å². The fourth-order valence-electron chi connectivity index (χ4n) is 2.89. The molecular weight excluding hydrogens is 331 g/mol. The Bertz CT molecular complexity index is 502. The van der Waals surface area contributed by atoms with E-state index in [-0.39, 0.29) is 18.1 Å². The number of rotatable bonds is 4. The molecule has 1 heterocycles. The fourth-order valence-corrected chi connectivity index (χ4v) is 3.63. The third kappa shape index (κ3) is 3.66. The Morgan fingerprint density at radius 1 is 1.19 bits per heavy atom. The predicted molar refractivity (Wildman–Crippen MR) is 89.5 cm³/mol. The molecule has 1 aliphatic rings. The van der Waals surface area contributed by atoms with E-state index < -0.39 is 0 Å². The van der Waals surface area contributed by atoms with E-state index in [1.807, 2.05) is 13.8 Å². The van der Waals surface area contributed by atoms with Gasteiger partial charge in [-0.25, -0.2) is 0 Å². The molecule has 0 saturated carbocycles. The van der Waals surface area contributed by atoms with Crippen LogP contribution >= 0.6 is 34.8 Å². The number of hydrogen-bond donors (Lipinski definition) is 2. The molecule has 1 saturated heterocycles. The minimum Gasteiger partial charge on any atom is -0.396 e. The molecule has 118 valence electrons. The molecule has 1 aromatic rings. The molecule has 1 atom stereocenters. The lowest BCUT2D eigenvalue weighted by Gasteiger charge is -2.44. The van der Waals surface area contributed by atoms with Crippen LogP contribution in [0.3, 0.4) is 0 Å². The van der Waals surface area contributed by atoms with E-state index in [1.54, 1.807) is 12.1 Å². The first-order valence-electron chi connectivity index (χ1n) is 7.07. The molecule has 0 aliphatic carbocycles. The molecule has 1 aliphatic heterocycles. The van der Waals surface area contributed by atoms with Crippen LogP contribution in [0.1, 0.15) is 25.5 Å². The molecule has 0 aromatic heterocycles. The molecular formula is C15H21Cl3N2O. The lowest BCUT2D eigenvalue weighted by atomic mass is 9.79. The Kier molecular flexibility index (Phi) is 5.80. The average Bonchev–Trinajstić information content (AvgIpc) is 2.48. The lowest BCUT2D eigenvalue weighted by Crippen LogP contribution is -2.49. The van der Waals surface area contributed by atoms with Crippen LogP contribution in [0.4, 0.5) is 0 Å². The van der Waals surface area contributed by atoms with Crippen LogP contribution in [0, 0.1) is 5.41 Å². The van der Waals surface area contributed by atoms with Gasteiger partial charge in [0.25, 0.3) is 0 Å². The molecule has 6 heteroatoms. The van der Waals surface area contributed by atoms with Crippen molar-refractivity contribution in [2.75, 3.05) is 32.8 Å². The first kappa shape index (κ1) is 17.3. The molecule has 2 rings (SSSR count). The van der Waals surface area contributed by atoms with Crippen molar-refractivity contribution in [2.45, 2.75) is 19.9 Å². The first-order chi connectivity index (χ1) is 9.88. The van der Waals surface area contributed by atoms with Crippen LogP contribution < -0.4 is 5.32 Å². The van der Waals surface area contributed by atoms with E-state index in [1.165, 1.54) is 0 Å². The number of nitrogens with one attached hydrogen (secondary N) is 1. The summed E-state index contributed by atoms with van der Waals surface area (Å²) in [6.45, 7) is 7.67. The van der Waals surface area contributed by atoms with E-state index in [9.17, 15) is 5.11 Å². The maximum atomic E-state index is 9.85. The minimum atomic E-state index is -0.380. The maximum Gasteiger partial charge on any atom is 0.0655 e. The van der Waals surface area contributed by atoms with Crippen molar-refractivity contribution in [3.63, 3.8) is 0 Å². The van der Waals surface area contributed by atoms with Crippen LogP contribution in [0.5, 0.6) is 0 Å². The van der Waals surface area contributed by atoms with Crippen LogP contribution in [0.15, 0.2) is 12.1 Å². The molecule has 0 amide bonds. The SMILES string of the molecule is CC(C)(CO)[C@@H](c1c(Cl)ccc(Cl)c1Cl)N1CCNCC1. The molecule has 1 fully saturated rings.